The molecule has 3 aliphatic carbocycles. The number of hydrogen-bond donors (Lipinski definition) is 1. The molecule has 3 aliphatic rings. The third kappa shape index (κ3) is 1.25. The van der Waals surface area contributed by atoms with E-state index in [4.69, 9.17) is 15.2 Å². The Morgan fingerprint density at radius 2 is 1.69 bits per heavy atom. The van der Waals surface area contributed by atoms with E-state index in [2.05, 4.69) is 0 Å². The van der Waals surface area contributed by atoms with E-state index >= 15 is 0 Å². The fourth-order valence-electron chi connectivity index (χ4n) is 4.78. The Hall–Kier alpha value is -0.120. The Bertz CT molecular complexity index is 265. The zero-order valence-corrected chi connectivity index (χ0v) is 10.3. The normalized spacial score (nSPS) is 55.3. The van der Waals surface area contributed by atoms with Crippen LogP contribution in [-0.2, 0) is 9.47 Å². The molecule has 3 fully saturated rings. The highest BCUT2D eigenvalue weighted by Crippen LogP contribution is 2.62. The SMILES string of the molecule is COC1CC2(C[C@@H]1OC)[C@@H]1CC[C@@H](C1)[C@H]2N. The number of fused-ring (bicyclic) bond motifs is 3. The van der Waals surface area contributed by atoms with Crippen LogP contribution in [0.4, 0.5) is 0 Å². The fourth-order valence-corrected chi connectivity index (χ4v) is 4.78. The van der Waals surface area contributed by atoms with Crippen LogP contribution in [0.25, 0.3) is 0 Å². The van der Waals surface area contributed by atoms with Crippen LogP contribution in [-0.4, -0.2) is 32.5 Å². The van der Waals surface area contributed by atoms with Gasteiger partial charge in [-0.25, -0.2) is 0 Å². The summed E-state index contributed by atoms with van der Waals surface area (Å²) in [7, 11) is 3.60. The molecule has 3 heteroatoms. The van der Waals surface area contributed by atoms with Gasteiger partial charge in [0, 0.05) is 20.3 Å². The van der Waals surface area contributed by atoms with Gasteiger partial charge in [0.1, 0.15) is 0 Å². The van der Waals surface area contributed by atoms with Crippen molar-refractivity contribution in [1.29, 1.82) is 0 Å². The molecule has 3 nitrogen and oxygen atoms in total. The standard InChI is InChI=1S/C13H23NO2/c1-15-10-6-13(7-11(10)16-2)9-4-3-8(5-9)12(13)14/h8-12H,3-7,14H2,1-2H3/t8-,9+,10-,11?,12+,13?/m0/s1. The lowest BCUT2D eigenvalue weighted by Gasteiger charge is -2.39. The summed E-state index contributed by atoms with van der Waals surface area (Å²) in [6, 6.07) is 0.393. The van der Waals surface area contributed by atoms with Crippen molar-refractivity contribution in [2.45, 2.75) is 50.4 Å². The summed E-state index contributed by atoms with van der Waals surface area (Å²) in [5.41, 5.74) is 6.82. The molecule has 0 aromatic heterocycles. The summed E-state index contributed by atoms with van der Waals surface area (Å²) >= 11 is 0. The molecule has 3 rings (SSSR count). The van der Waals surface area contributed by atoms with Crippen LogP contribution in [0.5, 0.6) is 0 Å². The lowest BCUT2D eigenvalue weighted by Crippen LogP contribution is -2.45. The fraction of sp³-hybridized carbons (Fsp3) is 1.00. The zero-order chi connectivity index (χ0) is 11.3. The zero-order valence-electron chi connectivity index (χ0n) is 10.3. The molecule has 16 heavy (non-hydrogen) atoms. The van der Waals surface area contributed by atoms with Gasteiger partial charge in [-0.05, 0) is 49.4 Å². The van der Waals surface area contributed by atoms with Crippen molar-refractivity contribution in [1.82, 2.24) is 0 Å². The number of ether oxygens (including phenoxy) is 2. The number of rotatable bonds is 2. The molecule has 0 aromatic carbocycles. The molecule has 0 aromatic rings. The summed E-state index contributed by atoms with van der Waals surface area (Å²) in [6.07, 6.45) is 6.84. The second-order valence-corrected chi connectivity index (χ2v) is 5.99. The van der Waals surface area contributed by atoms with Gasteiger partial charge in [0.25, 0.3) is 0 Å². The van der Waals surface area contributed by atoms with Crippen LogP contribution in [0.3, 0.4) is 0 Å². The molecule has 0 amide bonds. The van der Waals surface area contributed by atoms with Crippen LogP contribution in [0.1, 0.15) is 32.1 Å². The van der Waals surface area contributed by atoms with Crippen molar-refractivity contribution in [3.63, 3.8) is 0 Å². The Labute approximate surface area is 97.7 Å². The van der Waals surface area contributed by atoms with Crippen molar-refractivity contribution < 1.29 is 9.47 Å². The quantitative estimate of drug-likeness (QED) is 0.775. The second-order valence-electron chi connectivity index (χ2n) is 5.99. The van der Waals surface area contributed by atoms with Crippen LogP contribution < -0.4 is 5.73 Å². The van der Waals surface area contributed by atoms with Gasteiger partial charge >= 0.3 is 0 Å². The van der Waals surface area contributed by atoms with Crippen LogP contribution in [0.2, 0.25) is 0 Å². The summed E-state index contributed by atoms with van der Waals surface area (Å²) in [4.78, 5) is 0. The minimum absolute atomic E-state index is 0.260. The van der Waals surface area contributed by atoms with Gasteiger partial charge in [0.2, 0.25) is 0 Å². The first-order chi connectivity index (χ1) is 7.71. The molecule has 92 valence electrons. The number of nitrogens with two attached hydrogens (primary N) is 1. The van der Waals surface area contributed by atoms with E-state index in [0.29, 0.717) is 11.5 Å². The molecule has 6 atom stereocenters. The maximum atomic E-state index is 6.48. The highest BCUT2D eigenvalue weighted by Gasteiger charge is 2.61. The maximum absolute atomic E-state index is 6.48. The van der Waals surface area contributed by atoms with Gasteiger partial charge in [-0.1, -0.05) is 0 Å². The number of methoxy groups -OCH3 is 2. The van der Waals surface area contributed by atoms with Crippen molar-refractivity contribution in [2.75, 3.05) is 14.2 Å². The Kier molecular flexibility index (Phi) is 2.54. The predicted molar refractivity (Wildman–Crippen MR) is 62.1 cm³/mol. The molecule has 0 saturated heterocycles. The first-order valence-corrected chi connectivity index (χ1v) is 6.52. The lowest BCUT2D eigenvalue weighted by atomic mass is 9.69. The van der Waals surface area contributed by atoms with Gasteiger partial charge in [-0.15, -0.1) is 0 Å². The van der Waals surface area contributed by atoms with Crippen molar-refractivity contribution >= 4 is 0 Å². The van der Waals surface area contributed by atoms with Crippen molar-refractivity contribution in [3.05, 3.63) is 0 Å². The third-order valence-corrected chi connectivity index (χ3v) is 5.64. The summed E-state index contributed by atoms with van der Waals surface area (Å²) in [6.45, 7) is 0. The molecule has 0 aliphatic heterocycles. The summed E-state index contributed by atoms with van der Waals surface area (Å²) in [5, 5.41) is 0. The minimum atomic E-state index is 0.260. The largest absolute Gasteiger partial charge is 0.379 e. The van der Waals surface area contributed by atoms with Gasteiger partial charge in [-0.2, -0.15) is 0 Å². The Balaban J connectivity index is 1.85. The monoisotopic (exact) mass is 225 g/mol. The molecule has 0 heterocycles. The van der Waals surface area contributed by atoms with E-state index in [-0.39, 0.29) is 12.2 Å². The molecule has 2 N–H and O–H groups in total. The molecule has 3 saturated carbocycles. The van der Waals surface area contributed by atoms with Gasteiger partial charge in [-0.3, -0.25) is 0 Å². The first-order valence-electron chi connectivity index (χ1n) is 6.52. The van der Waals surface area contributed by atoms with Gasteiger partial charge in [0.15, 0.2) is 0 Å². The second kappa shape index (κ2) is 3.69. The highest BCUT2D eigenvalue weighted by molar-refractivity contribution is 5.13. The molecular formula is C13H23NO2. The summed E-state index contributed by atoms with van der Waals surface area (Å²) in [5.74, 6) is 1.61. The summed E-state index contributed by atoms with van der Waals surface area (Å²) < 4.78 is 11.2. The van der Waals surface area contributed by atoms with E-state index in [0.717, 1.165) is 24.7 Å². The maximum Gasteiger partial charge on any atom is 0.0838 e. The number of hydrogen-bond acceptors (Lipinski definition) is 3. The van der Waals surface area contributed by atoms with E-state index in [1.54, 1.807) is 14.2 Å². The Morgan fingerprint density at radius 1 is 1.06 bits per heavy atom. The molecular weight excluding hydrogens is 202 g/mol. The van der Waals surface area contributed by atoms with Crippen molar-refractivity contribution in [3.8, 4) is 0 Å². The molecule has 2 bridgehead atoms. The van der Waals surface area contributed by atoms with E-state index < -0.39 is 0 Å². The molecule has 0 radical (unpaired) electrons. The van der Waals surface area contributed by atoms with Gasteiger partial charge in [0.05, 0.1) is 12.2 Å². The first kappa shape index (κ1) is 11.0. The predicted octanol–water partition coefficient (Wildman–Crippen LogP) is 1.55. The molecule has 1 spiro atoms. The average Bonchev–Trinajstić information content (AvgIpc) is 2.97. The van der Waals surface area contributed by atoms with Crippen LogP contribution in [0.15, 0.2) is 0 Å². The topological polar surface area (TPSA) is 44.5 Å². The minimum Gasteiger partial charge on any atom is -0.379 e. The van der Waals surface area contributed by atoms with Crippen LogP contribution >= 0.6 is 0 Å². The highest BCUT2D eigenvalue weighted by atomic mass is 16.5. The Morgan fingerprint density at radius 3 is 2.12 bits per heavy atom. The smallest absolute Gasteiger partial charge is 0.0838 e. The van der Waals surface area contributed by atoms with E-state index in [9.17, 15) is 0 Å². The van der Waals surface area contributed by atoms with E-state index in [1.807, 2.05) is 0 Å². The average molecular weight is 225 g/mol. The van der Waals surface area contributed by atoms with Gasteiger partial charge < -0.3 is 15.2 Å². The van der Waals surface area contributed by atoms with E-state index in [1.165, 1.54) is 19.3 Å². The van der Waals surface area contributed by atoms with Crippen LogP contribution in [0, 0.1) is 17.3 Å². The lowest BCUT2D eigenvalue weighted by molar-refractivity contribution is -0.0157. The third-order valence-electron chi connectivity index (χ3n) is 5.64. The molecule has 2 unspecified atom stereocenters. The van der Waals surface area contributed by atoms with Crippen molar-refractivity contribution in [2.24, 2.45) is 23.0 Å².